The van der Waals surface area contributed by atoms with E-state index >= 15 is 0 Å². The van der Waals surface area contributed by atoms with Crippen LogP contribution < -0.4 is 5.32 Å². The number of aliphatic hydroxyl groups excluding tert-OH is 1. The molecule has 0 aliphatic carbocycles. The Morgan fingerprint density at radius 1 is 1.09 bits per heavy atom. The number of aliphatic hydroxyl groups is 1. The largest absolute Gasteiger partial charge is 0.508 e. The summed E-state index contributed by atoms with van der Waals surface area (Å²) in [5, 5.41) is 32.8. The summed E-state index contributed by atoms with van der Waals surface area (Å²) in [4.78, 5) is 28.4. The van der Waals surface area contributed by atoms with Gasteiger partial charge in [-0.05, 0) is 42.5 Å². The summed E-state index contributed by atoms with van der Waals surface area (Å²) in [7, 11) is 0. The number of carbonyl (C=O) groups is 2. The van der Waals surface area contributed by atoms with Gasteiger partial charge in [-0.3, -0.25) is 4.79 Å². The van der Waals surface area contributed by atoms with E-state index in [-0.39, 0.29) is 44.0 Å². The van der Waals surface area contributed by atoms with Crippen LogP contribution in [-0.4, -0.2) is 51.4 Å². The third-order valence-corrected chi connectivity index (χ3v) is 5.32. The highest BCUT2D eigenvalue weighted by atomic mass is 16.5. The molecule has 8 heteroatoms. The molecule has 0 saturated carbocycles. The first-order valence-electron chi connectivity index (χ1n) is 10.5. The predicted octanol–water partition coefficient (Wildman–Crippen LogP) is 2.41. The van der Waals surface area contributed by atoms with Crippen molar-refractivity contribution in [3.05, 3.63) is 59.8 Å². The highest BCUT2D eigenvalue weighted by Crippen LogP contribution is 2.26. The Bertz CT molecular complexity index is 1080. The Hall–Kier alpha value is -3.52. The summed E-state index contributed by atoms with van der Waals surface area (Å²) in [5.41, 5.74) is 2.33. The second-order valence-corrected chi connectivity index (χ2v) is 7.71. The number of nitrogens with one attached hydrogen (secondary N) is 2. The van der Waals surface area contributed by atoms with Crippen molar-refractivity contribution in [3.63, 3.8) is 0 Å². The molecule has 1 aromatic heterocycles. The van der Waals surface area contributed by atoms with Crippen LogP contribution in [0.5, 0.6) is 11.5 Å². The van der Waals surface area contributed by atoms with Crippen LogP contribution in [0, 0.1) is 5.92 Å². The standard InChI is InChI=1S/C24H28N2O6/c1-2-32-24(31)21(11-17-13-25-20-6-4-3-5-19(17)20)26-23(30)10-15(14-27)9-16-7-8-18(28)12-22(16)29/h3-8,12-13,15,21,25,27-29H,2,9-11,14H2,1H3,(H,26,30)/t15?,21-/m1/s1. The van der Waals surface area contributed by atoms with Crippen molar-refractivity contribution in [3.8, 4) is 11.5 Å². The van der Waals surface area contributed by atoms with Crippen LogP contribution in [0.2, 0.25) is 0 Å². The third-order valence-electron chi connectivity index (χ3n) is 5.32. The number of rotatable bonds is 10. The van der Waals surface area contributed by atoms with Gasteiger partial charge in [0.1, 0.15) is 17.5 Å². The van der Waals surface area contributed by atoms with Gasteiger partial charge in [0.15, 0.2) is 0 Å². The molecule has 1 unspecified atom stereocenters. The Morgan fingerprint density at radius 3 is 2.59 bits per heavy atom. The molecule has 170 valence electrons. The minimum atomic E-state index is -0.872. The quantitative estimate of drug-likeness (QED) is 0.308. The normalized spacial score (nSPS) is 12.9. The molecular weight excluding hydrogens is 412 g/mol. The predicted molar refractivity (Wildman–Crippen MR) is 119 cm³/mol. The summed E-state index contributed by atoms with van der Waals surface area (Å²) in [6, 6.07) is 11.0. The molecule has 3 rings (SSSR count). The number of phenolic OH excluding ortho intramolecular Hbond substituents is 2. The molecule has 32 heavy (non-hydrogen) atoms. The molecule has 0 bridgehead atoms. The average molecular weight is 440 g/mol. The molecule has 0 saturated heterocycles. The number of phenols is 2. The lowest BCUT2D eigenvalue weighted by atomic mass is 9.95. The topological polar surface area (TPSA) is 132 Å². The van der Waals surface area contributed by atoms with Gasteiger partial charge in [0.25, 0.3) is 0 Å². The fourth-order valence-corrected chi connectivity index (χ4v) is 3.71. The molecule has 2 atom stereocenters. The van der Waals surface area contributed by atoms with Crippen molar-refractivity contribution in [1.82, 2.24) is 10.3 Å². The Labute approximate surface area is 185 Å². The van der Waals surface area contributed by atoms with Crippen molar-refractivity contribution < 1.29 is 29.6 Å². The van der Waals surface area contributed by atoms with E-state index in [4.69, 9.17) is 4.74 Å². The number of carbonyl (C=O) groups excluding carboxylic acids is 2. The van der Waals surface area contributed by atoms with Gasteiger partial charge >= 0.3 is 5.97 Å². The molecule has 3 aromatic rings. The zero-order valence-corrected chi connectivity index (χ0v) is 17.9. The number of hydrogen-bond acceptors (Lipinski definition) is 6. The maximum atomic E-state index is 12.7. The Morgan fingerprint density at radius 2 is 1.88 bits per heavy atom. The lowest BCUT2D eigenvalue weighted by molar-refractivity contribution is -0.147. The SMILES string of the molecule is CCOC(=O)[C@@H](Cc1c[nH]c2ccccc12)NC(=O)CC(CO)Cc1ccc(O)cc1O. The number of aromatic hydroxyl groups is 2. The summed E-state index contributed by atoms with van der Waals surface area (Å²) in [5.74, 6) is -1.57. The van der Waals surface area contributed by atoms with Crippen molar-refractivity contribution in [1.29, 1.82) is 0 Å². The van der Waals surface area contributed by atoms with Crippen molar-refractivity contribution in [2.24, 2.45) is 5.92 Å². The number of benzene rings is 2. The van der Waals surface area contributed by atoms with E-state index in [9.17, 15) is 24.9 Å². The zero-order valence-electron chi connectivity index (χ0n) is 17.9. The first-order chi connectivity index (χ1) is 15.4. The van der Waals surface area contributed by atoms with Crippen LogP contribution in [0.4, 0.5) is 0 Å². The van der Waals surface area contributed by atoms with E-state index in [1.54, 1.807) is 13.0 Å². The van der Waals surface area contributed by atoms with Crippen LogP contribution in [0.1, 0.15) is 24.5 Å². The van der Waals surface area contributed by atoms with Gasteiger partial charge in [-0.25, -0.2) is 4.79 Å². The summed E-state index contributed by atoms with van der Waals surface area (Å²) < 4.78 is 5.15. The van der Waals surface area contributed by atoms with Crippen LogP contribution in [0.25, 0.3) is 10.9 Å². The number of fused-ring (bicyclic) bond motifs is 1. The number of aromatic amines is 1. The summed E-state index contributed by atoms with van der Waals surface area (Å²) >= 11 is 0. The monoisotopic (exact) mass is 440 g/mol. The maximum Gasteiger partial charge on any atom is 0.328 e. The molecule has 1 amide bonds. The maximum absolute atomic E-state index is 12.7. The van der Waals surface area contributed by atoms with Gasteiger partial charge in [-0.2, -0.15) is 0 Å². The van der Waals surface area contributed by atoms with E-state index in [0.717, 1.165) is 16.5 Å². The molecule has 8 nitrogen and oxygen atoms in total. The lowest BCUT2D eigenvalue weighted by Gasteiger charge is -2.20. The van der Waals surface area contributed by atoms with Crippen LogP contribution in [-0.2, 0) is 27.2 Å². The fourth-order valence-electron chi connectivity index (χ4n) is 3.71. The van der Waals surface area contributed by atoms with Crippen molar-refractivity contribution >= 4 is 22.8 Å². The Kier molecular flexibility index (Phi) is 7.72. The minimum Gasteiger partial charge on any atom is -0.508 e. The van der Waals surface area contributed by atoms with E-state index in [0.29, 0.717) is 5.56 Å². The van der Waals surface area contributed by atoms with Gasteiger partial charge in [-0.1, -0.05) is 24.3 Å². The Balaban J connectivity index is 1.69. The van der Waals surface area contributed by atoms with Crippen LogP contribution in [0.15, 0.2) is 48.7 Å². The first-order valence-corrected chi connectivity index (χ1v) is 10.5. The second kappa shape index (κ2) is 10.7. The minimum absolute atomic E-state index is 0.0411. The highest BCUT2D eigenvalue weighted by molar-refractivity contribution is 5.87. The molecule has 0 spiro atoms. The molecule has 0 aliphatic rings. The molecular formula is C24H28N2O6. The number of aromatic nitrogens is 1. The third kappa shape index (κ3) is 5.79. The number of hydrogen-bond donors (Lipinski definition) is 5. The van der Waals surface area contributed by atoms with Gasteiger partial charge in [0, 0.05) is 42.6 Å². The summed E-state index contributed by atoms with van der Waals surface area (Å²) in [6.07, 6.45) is 2.27. The van der Waals surface area contributed by atoms with Gasteiger partial charge in [0.2, 0.25) is 5.91 Å². The average Bonchev–Trinajstić information content (AvgIpc) is 3.17. The molecule has 1 heterocycles. The van der Waals surface area contributed by atoms with Crippen molar-refractivity contribution in [2.45, 2.75) is 32.2 Å². The highest BCUT2D eigenvalue weighted by Gasteiger charge is 2.25. The van der Waals surface area contributed by atoms with Gasteiger partial charge in [0.05, 0.1) is 6.61 Å². The lowest BCUT2D eigenvalue weighted by Crippen LogP contribution is -2.44. The van der Waals surface area contributed by atoms with E-state index in [1.807, 2.05) is 30.5 Å². The molecule has 2 aromatic carbocycles. The van der Waals surface area contributed by atoms with E-state index in [2.05, 4.69) is 10.3 Å². The second-order valence-electron chi connectivity index (χ2n) is 7.71. The fraction of sp³-hybridized carbons (Fsp3) is 0.333. The van der Waals surface area contributed by atoms with E-state index in [1.165, 1.54) is 12.1 Å². The number of esters is 1. The van der Waals surface area contributed by atoms with Crippen molar-refractivity contribution in [2.75, 3.05) is 13.2 Å². The number of amides is 1. The van der Waals surface area contributed by atoms with Gasteiger partial charge < -0.3 is 30.4 Å². The summed E-state index contributed by atoms with van der Waals surface area (Å²) in [6.45, 7) is 1.62. The van der Waals surface area contributed by atoms with Crippen LogP contribution >= 0.6 is 0 Å². The van der Waals surface area contributed by atoms with Crippen LogP contribution in [0.3, 0.4) is 0 Å². The number of para-hydroxylation sites is 1. The zero-order chi connectivity index (χ0) is 23.1. The molecule has 5 N–H and O–H groups in total. The molecule has 0 aliphatic heterocycles. The van der Waals surface area contributed by atoms with E-state index < -0.39 is 23.8 Å². The van der Waals surface area contributed by atoms with Gasteiger partial charge in [-0.15, -0.1) is 0 Å². The molecule has 0 fully saturated rings. The number of ether oxygens (including phenoxy) is 1. The smallest absolute Gasteiger partial charge is 0.328 e. The number of H-pyrrole nitrogens is 1. The molecule has 0 radical (unpaired) electrons. The first kappa shape index (κ1) is 23.1.